The van der Waals surface area contributed by atoms with Crippen molar-refractivity contribution >= 4 is 29.1 Å². The lowest BCUT2D eigenvalue weighted by Gasteiger charge is -2.20. The van der Waals surface area contributed by atoms with E-state index in [-0.39, 0.29) is 6.03 Å². The van der Waals surface area contributed by atoms with Crippen molar-refractivity contribution < 1.29 is 9.21 Å². The predicted molar refractivity (Wildman–Crippen MR) is 86.7 cm³/mol. The van der Waals surface area contributed by atoms with E-state index in [0.717, 1.165) is 31.0 Å². The molecule has 0 aromatic carbocycles. The van der Waals surface area contributed by atoms with Crippen LogP contribution in [0.4, 0.5) is 4.79 Å². The fourth-order valence-corrected chi connectivity index (χ4v) is 4.19. The number of rotatable bonds is 3. The highest BCUT2D eigenvalue weighted by Gasteiger charge is 2.23. The molecule has 0 spiro atoms. The zero-order chi connectivity index (χ0) is 14.5. The number of carbonyl (C=O) groups excluding carboxylic acids is 1. The standard InChI is InChI=1S/C15H18N2O2S2/c18-15(16-11-12-3-2-9-20-12)17-6-5-14(21-10-7-17)13-4-1-8-19-13/h1-4,8-9,14H,5-7,10-11H2,(H,16,18). The van der Waals surface area contributed by atoms with Crippen LogP contribution in [0.3, 0.4) is 0 Å². The summed E-state index contributed by atoms with van der Waals surface area (Å²) >= 11 is 3.53. The first kappa shape index (κ1) is 14.5. The first-order valence-electron chi connectivity index (χ1n) is 7.03. The third-order valence-electron chi connectivity index (χ3n) is 3.48. The van der Waals surface area contributed by atoms with Crippen molar-refractivity contribution in [3.05, 3.63) is 46.5 Å². The van der Waals surface area contributed by atoms with Gasteiger partial charge in [-0.05, 0) is 30.0 Å². The molecule has 1 aliphatic rings. The molecule has 0 saturated carbocycles. The highest BCUT2D eigenvalue weighted by molar-refractivity contribution is 7.99. The number of furan rings is 1. The first-order chi connectivity index (χ1) is 10.3. The molecule has 1 aliphatic heterocycles. The lowest BCUT2D eigenvalue weighted by atomic mass is 10.2. The Morgan fingerprint density at radius 1 is 1.38 bits per heavy atom. The van der Waals surface area contributed by atoms with E-state index in [4.69, 9.17) is 4.42 Å². The van der Waals surface area contributed by atoms with Crippen LogP contribution in [0.1, 0.15) is 22.3 Å². The Balaban J connectivity index is 1.51. The fourth-order valence-electron chi connectivity index (χ4n) is 2.36. The Labute approximate surface area is 132 Å². The van der Waals surface area contributed by atoms with Crippen LogP contribution in [0.15, 0.2) is 40.3 Å². The first-order valence-corrected chi connectivity index (χ1v) is 8.96. The molecule has 2 aromatic rings. The summed E-state index contributed by atoms with van der Waals surface area (Å²) in [5.74, 6) is 1.96. The summed E-state index contributed by atoms with van der Waals surface area (Å²) in [5.41, 5.74) is 0. The highest BCUT2D eigenvalue weighted by atomic mass is 32.2. The van der Waals surface area contributed by atoms with Crippen molar-refractivity contribution in [2.45, 2.75) is 18.2 Å². The SMILES string of the molecule is O=C(NCc1cccs1)N1CCSC(c2ccco2)CC1. The van der Waals surface area contributed by atoms with E-state index in [1.165, 1.54) is 4.88 Å². The summed E-state index contributed by atoms with van der Waals surface area (Å²) in [6, 6.07) is 8.01. The van der Waals surface area contributed by atoms with Crippen LogP contribution >= 0.6 is 23.1 Å². The second kappa shape index (κ2) is 7.04. The second-order valence-electron chi connectivity index (χ2n) is 4.89. The Hall–Kier alpha value is -1.40. The van der Waals surface area contributed by atoms with Crippen LogP contribution < -0.4 is 5.32 Å². The molecule has 3 rings (SSSR count). The molecule has 0 aliphatic carbocycles. The molecular formula is C15H18N2O2S2. The van der Waals surface area contributed by atoms with Gasteiger partial charge in [-0.2, -0.15) is 0 Å². The molecule has 2 amide bonds. The van der Waals surface area contributed by atoms with Crippen LogP contribution in [-0.4, -0.2) is 29.8 Å². The Morgan fingerprint density at radius 3 is 3.10 bits per heavy atom. The Bertz CT molecular complexity index is 554. The number of thiophene rings is 1. The molecule has 0 radical (unpaired) electrons. The van der Waals surface area contributed by atoms with Gasteiger partial charge in [0.05, 0.1) is 18.1 Å². The Kier molecular flexibility index (Phi) is 4.87. The molecule has 2 aromatic heterocycles. The van der Waals surface area contributed by atoms with Crippen molar-refractivity contribution in [2.75, 3.05) is 18.8 Å². The maximum absolute atomic E-state index is 12.2. The smallest absolute Gasteiger partial charge is 0.317 e. The third-order valence-corrected chi connectivity index (χ3v) is 5.65. The average Bonchev–Trinajstić information content (AvgIpc) is 3.15. The number of thioether (sulfide) groups is 1. The molecule has 112 valence electrons. The van der Waals surface area contributed by atoms with Gasteiger partial charge in [-0.15, -0.1) is 23.1 Å². The normalized spacial score (nSPS) is 19.2. The molecular weight excluding hydrogens is 304 g/mol. The molecule has 0 bridgehead atoms. The van der Waals surface area contributed by atoms with Crippen LogP contribution in [-0.2, 0) is 6.54 Å². The summed E-state index contributed by atoms with van der Waals surface area (Å²) in [7, 11) is 0. The van der Waals surface area contributed by atoms with Crippen molar-refractivity contribution in [3.8, 4) is 0 Å². The minimum Gasteiger partial charge on any atom is -0.468 e. The summed E-state index contributed by atoms with van der Waals surface area (Å²) in [4.78, 5) is 15.3. The topological polar surface area (TPSA) is 45.5 Å². The minimum absolute atomic E-state index is 0.0316. The molecule has 1 saturated heterocycles. The molecule has 4 nitrogen and oxygen atoms in total. The van der Waals surface area contributed by atoms with Gasteiger partial charge in [0.15, 0.2) is 0 Å². The van der Waals surface area contributed by atoms with Gasteiger partial charge in [-0.3, -0.25) is 0 Å². The number of nitrogens with one attached hydrogen (secondary N) is 1. The fraction of sp³-hybridized carbons (Fsp3) is 0.400. The van der Waals surface area contributed by atoms with E-state index in [9.17, 15) is 4.79 Å². The Morgan fingerprint density at radius 2 is 2.33 bits per heavy atom. The van der Waals surface area contributed by atoms with Gasteiger partial charge >= 0.3 is 6.03 Å². The van der Waals surface area contributed by atoms with Crippen LogP contribution in [0.5, 0.6) is 0 Å². The van der Waals surface area contributed by atoms with E-state index in [2.05, 4.69) is 5.32 Å². The van der Waals surface area contributed by atoms with Gasteiger partial charge in [-0.25, -0.2) is 4.79 Å². The van der Waals surface area contributed by atoms with E-state index in [0.29, 0.717) is 11.8 Å². The summed E-state index contributed by atoms with van der Waals surface area (Å²) < 4.78 is 5.48. The molecule has 1 fully saturated rings. The number of carbonyl (C=O) groups is 1. The van der Waals surface area contributed by atoms with Gasteiger partial charge < -0.3 is 14.6 Å². The monoisotopic (exact) mass is 322 g/mol. The summed E-state index contributed by atoms with van der Waals surface area (Å²) in [6.45, 7) is 2.18. The molecule has 6 heteroatoms. The largest absolute Gasteiger partial charge is 0.468 e. The van der Waals surface area contributed by atoms with Crippen molar-refractivity contribution in [1.29, 1.82) is 0 Å². The molecule has 1 atom stereocenters. The molecule has 1 N–H and O–H groups in total. The zero-order valence-corrected chi connectivity index (χ0v) is 13.3. The van der Waals surface area contributed by atoms with Crippen LogP contribution in [0, 0.1) is 0 Å². The average molecular weight is 322 g/mol. The minimum atomic E-state index is 0.0316. The maximum Gasteiger partial charge on any atom is 0.317 e. The lowest BCUT2D eigenvalue weighted by molar-refractivity contribution is 0.200. The van der Waals surface area contributed by atoms with Gasteiger partial charge in [0.2, 0.25) is 0 Å². The summed E-state index contributed by atoms with van der Waals surface area (Å²) in [6.07, 6.45) is 2.65. The number of urea groups is 1. The van der Waals surface area contributed by atoms with Crippen LogP contribution in [0.25, 0.3) is 0 Å². The molecule has 1 unspecified atom stereocenters. The quantitative estimate of drug-likeness (QED) is 0.936. The van der Waals surface area contributed by atoms with Gasteiger partial charge in [0, 0.05) is 23.7 Å². The van der Waals surface area contributed by atoms with Crippen molar-refractivity contribution in [2.24, 2.45) is 0 Å². The van der Waals surface area contributed by atoms with E-state index < -0.39 is 0 Å². The number of hydrogen-bond donors (Lipinski definition) is 1. The molecule has 3 heterocycles. The summed E-state index contributed by atoms with van der Waals surface area (Å²) in [5, 5.41) is 5.38. The number of amides is 2. The second-order valence-corrected chi connectivity index (χ2v) is 7.23. The van der Waals surface area contributed by atoms with E-state index in [1.54, 1.807) is 17.6 Å². The lowest BCUT2D eigenvalue weighted by Crippen LogP contribution is -2.40. The molecule has 21 heavy (non-hydrogen) atoms. The predicted octanol–water partition coefficient (Wildman–Crippen LogP) is 3.73. The zero-order valence-electron chi connectivity index (χ0n) is 11.7. The van der Waals surface area contributed by atoms with Crippen LogP contribution in [0.2, 0.25) is 0 Å². The van der Waals surface area contributed by atoms with Crippen molar-refractivity contribution in [1.82, 2.24) is 10.2 Å². The highest BCUT2D eigenvalue weighted by Crippen LogP contribution is 2.34. The van der Waals surface area contributed by atoms with Crippen molar-refractivity contribution in [3.63, 3.8) is 0 Å². The number of hydrogen-bond acceptors (Lipinski definition) is 4. The van der Waals surface area contributed by atoms with E-state index in [1.807, 2.05) is 46.3 Å². The number of nitrogens with zero attached hydrogens (tertiary/aromatic N) is 1. The van der Waals surface area contributed by atoms with Gasteiger partial charge in [-0.1, -0.05) is 6.07 Å². The van der Waals surface area contributed by atoms with Gasteiger partial charge in [0.1, 0.15) is 5.76 Å². The van der Waals surface area contributed by atoms with E-state index >= 15 is 0 Å². The third kappa shape index (κ3) is 3.83. The maximum atomic E-state index is 12.2. The van der Waals surface area contributed by atoms with Gasteiger partial charge in [0.25, 0.3) is 0 Å².